The van der Waals surface area contributed by atoms with E-state index in [-0.39, 0.29) is 17.9 Å². The van der Waals surface area contributed by atoms with E-state index in [1.807, 2.05) is 0 Å². The Bertz CT molecular complexity index is 523. The van der Waals surface area contributed by atoms with Gasteiger partial charge in [-0.3, -0.25) is 4.79 Å². The van der Waals surface area contributed by atoms with Crippen LogP contribution in [0.3, 0.4) is 0 Å². The molecule has 0 spiro atoms. The molecule has 0 radical (unpaired) electrons. The molecule has 1 heterocycles. The molecule has 0 saturated heterocycles. The summed E-state index contributed by atoms with van der Waals surface area (Å²) in [7, 11) is 0. The SMILES string of the molecule is CC(CNc1nc(C(F)(F)F)ccc1C#N)C(=O)O. The van der Waals surface area contributed by atoms with Crippen molar-refractivity contribution in [1.29, 1.82) is 5.26 Å². The summed E-state index contributed by atoms with van der Waals surface area (Å²) in [5.74, 6) is -2.19. The highest BCUT2D eigenvalue weighted by Gasteiger charge is 2.33. The van der Waals surface area contributed by atoms with Crippen molar-refractivity contribution < 1.29 is 23.1 Å². The van der Waals surface area contributed by atoms with Crippen molar-refractivity contribution >= 4 is 11.8 Å². The number of carboxylic acids is 1. The summed E-state index contributed by atoms with van der Waals surface area (Å²) in [4.78, 5) is 13.9. The molecule has 1 aromatic rings. The monoisotopic (exact) mass is 273 g/mol. The van der Waals surface area contributed by atoms with Crippen LogP contribution in [-0.4, -0.2) is 22.6 Å². The molecule has 1 atom stereocenters. The summed E-state index contributed by atoms with van der Waals surface area (Å²) in [5.41, 5.74) is -1.22. The number of nitrogens with one attached hydrogen (secondary N) is 1. The Kier molecular flexibility index (Phi) is 4.32. The normalized spacial score (nSPS) is 12.6. The largest absolute Gasteiger partial charge is 0.481 e. The summed E-state index contributed by atoms with van der Waals surface area (Å²) in [6.07, 6.45) is -4.62. The molecule has 0 aromatic carbocycles. The minimum atomic E-state index is -4.62. The zero-order valence-electron chi connectivity index (χ0n) is 9.82. The Balaban J connectivity index is 2.98. The fourth-order valence-corrected chi connectivity index (χ4v) is 1.18. The maximum absolute atomic E-state index is 12.5. The van der Waals surface area contributed by atoms with Crippen LogP contribution < -0.4 is 5.32 Å². The van der Waals surface area contributed by atoms with E-state index in [1.54, 1.807) is 6.07 Å². The second kappa shape index (κ2) is 5.56. The lowest BCUT2D eigenvalue weighted by atomic mass is 10.2. The lowest BCUT2D eigenvalue weighted by Crippen LogP contribution is -2.21. The second-order valence-corrected chi connectivity index (χ2v) is 3.82. The number of carboxylic acid groups (broad SMARTS) is 1. The van der Waals surface area contributed by atoms with Crippen LogP contribution >= 0.6 is 0 Å². The van der Waals surface area contributed by atoms with Gasteiger partial charge in [-0.15, -0.1) is 0 Å². The molecule has 0 bridgehead atoms. The Morgan fingerprint density at radius 1 is 1.58 bits per heavy atom. The highest BCUT2D eigenvalue weighted by atomic mass is 19.4. The molecule has 0 amide bonds. The zero-order valence-corrected chi connectivity index (χ0v) is 9.82. The van der Waals surface area contributed by atoms with Crippen molar-refractivity contribution in [3.05, 3.63) is 23.4 Å². The number of carbonyl (C=O) groups is 1. The van der Waals surface area contributed by atoms with E-state index in [0.29, 0.717) is 6.07 Å². The van der Waals surface area contributed by atoms with Gasteiger partial charge in [-0.05, 0) is 12.1 Å². The minimum Gasteiger partial charge on any atom is -0.481 e. The van der Waals surface area contributed by atoms with Crippen LogP contribution in [0.4, 0.5) is 19.0 Å². The summed E-state index contributed by atoms with van der Waals surface area (Å²) in [5, 5.41) is 19.9. The predicted molar refractivity (Wildman–Crippen MR) is 59.2 cm³/mol. The number of alkyl halides is 3. The first-order chi connectivity index (χ1) is 8.75. The quantitative estimate of drug-likeness (QED) is 0.877. The lowest BCUT2D eigenvalue weighted by molar-refractivity contribution is -0.141. The molecule has 1 aromatic heterocycles. The first-order valence-electron chi connectivity index (χ1n) is 5.20. The zero-order chi connectivity index (χ0) is 14.6. The van der Waals surface area contributed by atoms with Gasteiger partial charge in [0, 0.05) is 6.54 Å². The smallest absolute Gasteiger partial charge is 0.433 e. The molecule has 0 aliphatic heterocycles. The molecular weight excluding hydrogens is 263 g/mol. The summed E-state index contributed by atoms with van der Waals surface area (Å²) >= 11 is 0. The Labute approximate surface area is 106 Å². The number of hydrogen-bond donors (Lipinski definition) is 2. The molecule has 0 fully saturated rings. The fourth-order valence-electron chi connectivity index (χ4n) is 1.18. The first-order valence-corrected chi connectivity index (χ1v) is 5.20. The first kappa shape index (κ1) is 14.8. The number of aliphatic carboxylic acids is 1. The predicted octanol–water partition coefficient (Wildman–Crippen LogP) is 2.10. The van der Waals surface area contributed by atoms with Crippen LogP contribution in [0.2, 0.25) is 0 Å². The van der Waals surface area contributed by atoms with Gasteiger partial charge in [0.1, 0.15) is 17.6 Å². The maximum atomic E-state index is 12.5. The number of rotatable bonds is 4. The van der Waals surface area contributed by atoms with Crippen LogP contribution in [0.15, 0.2) is 12.1 Å². The van der Waals surface area contributed by atoms with Crippen LogP contribution in [0.25, 0.3) is 0 Å². The van der Waals surface area contributed by atoms with Gasteiger partial charge < -0.3 is 10.4 Å². The van der Waals surface area contributed by atoms with Gasteiger partial charge in [-0.25, -0.2) is 4.98 Å². The number of pyridine rings is 1. The molecule has 0 aliphatic rings. The number of nitriles is 1. The van der Waals surface area contributed by atoms with E-state index >= 15 is 0 Å². The van der Waals surface area contributed by atoms with Crippen molar-refractivity contribution in [3.8, 4) is 6.07 Å². The van der Waals surface area contributed by atoms with Gasteiger partial charge in [0.15, 0.2) is 0 Å². The van der Waals surface area contributed by atoms with Crippen LogP contribution in [0.1, 0.15) is 18.2 Å². The van der Waals surface area contributed by atoms with Gasteiger partial charge >= 0.3 is 12.1 Å². The van der Waals surface area contributed by atoms with E-state index in [4.69, 9.17) is 10.4 Å². The molecule has 2 N–H and O–H groups in total. The van der Waals surface area contributed by atoms with Crippen molar-refractivity contribution in [2.24, 2.45) is 5.92 Å². The number of nitrogens with zero attached hydrogens (tertiary/aromatic N) is 2. The van der Waals surface area contributed by atoms with Crippen molar-refractivity contribution in [3.63, 3.8) is 0 Å². The molecule has 1 unspecified atom stereocenters. The van der Waals surface area contributed by atoms with Crippen molar-refractivity contribution in [2.75, 3.05) is 11.9 Å². The maximum Gasteiger partial charge on any atom is 0.433 e. The Morgan fingerprint density at radius 3 is 2.68 bits per heavy atom. The lowest BCUT2D eigenvalue weighted by Gasteiger charge is -2.12. The van der Waals surface area contributed by atoms with E-state index in [9.17, 15) is 18.0 Å². The van der Waals surface area contributed by atoms with Gasteiger partial charge in [0.2, 0.25) is 0 Å². The van der Waals surface area contributed by atoms with Gasteiger partial charge in [0.25, 0.3) is 0 Å². The molecule has 5 nitrogen and oxygen atoms in total. The van der Waals surface area contributed by atoms with Gasteiger partial charge in [0.05, 0.1) is 11.5 Å². The molecular formula is C11H10F3N3O2. The van der Waals surface area contributed by atoms with Crippen LogP contribution in [0, 0.1) is 17.2 Å². The van der Waals surface area contributed by atoms with Gasteiger partial charge in [-0.1, -0.05) is 6.92 Å². The number of aromatic nitrogens is 1. The van der Waals surface area contributed by atoms with Gasteiger partial charge in [-0.2, -0.15) is 18.4 Å². The third-order valence-electron chi connectivity index (χ3n) is 2.30. The number of halogens is 3. The average Bonchev–Trinajstić information content (AvgIpc) is 2.34. The Hall–Kier alpha value is -2.30. The van der Waals surface area contributed by atoms with Crippen molar-refractivity contribution in [2.45, 2.75) is 13.1 Å². The van der Waals surface area contributed by atoms with E-state index in [2.05, 4.69) is 10.3 Å². The molecule has 1 rings (SSSR count). The minimum absolute atomic E-state index is 0.0782. The van der Waals surface area contributed by atoms with E-state index in [0.717, 1.165) is 6.07 Å². The average molecular weight is 273 g/mol. The Morgan fingerprint density at radius 2 is 2.21 bits per heavy atom. The third kappa shape index (κ3) is 3.84. The molecule has 0 saturated carbocycles. The molecule has 102 valence electrons. The second-order valence-electron chi connectivity index (χ2n) is 3.82. The molecule has 0 aliphatic carbocycles. The highest BCUT2D eigenvalue weighted by molar-refractivity contribution is 5.70. The highest BCUT2D eigenvalue weighted by Crippen LogP contribution is 2.29. The molecule has 19 heavy (non-hydrogen) atoms. The summed E-state index contributed by atoms with van der Waals surface area (Å²) in [6, 6.07) is 3.38. The number of hydrogen-bond acceptors (Lipinski definition) is 4. The van der Waals surface area contributed by atoms with Crippen molar-refractivity contribution in [1.82, 2.24) is 4.98 Å². The standard InChI is InChI=1S/C11H10F3N3O2/c1-6(10(18)19)5-16-9-7(4-15)2-3-8(17-9)11(12,13)14/h2-3,6H,5H2,1H3,(H,16,17)(H,18,19). The summed E-state index contributed by atoms with van der Waals surface area (Å²) in [6.45, 7) is 1.26. The summed E-state index contributed by atoms with van der Waals surface area (Å²) < 4.78 is 37.4. The number of anilines is 1. The van der Waals surface area contributed by atoms with E-state index < -0.39 is 23.8 Å². The molecule has 8 heteroatoms. The fraction of sp³-hybridized carbons (Fsp3) is 0.364. The van der Waals surface area contributed by atoms with Crippen LogP contribution in [0.5, 0.6) is 0 Å². The van der Waals surface area contributed by atoms with E-state index in [1.165, 1.54) is 6.92 Å². The topological polar surface area (TPSA) is 86.0 Å². The third-order valence-corrected chi connectivity index (χ3v) is 2.30. The van der Waals surface area contributed by atoms with Crippen LogP contribution in [-0.2, 0) is 11.0 Å².